The van der Waals surface area contributed by atoms with E-state index in [1.165, 1.54) is 44.1 Å². The summed E-state index contributed by atoms with van der Waals surface area (Å²) in [5, 5.41) is 4.15. The van der Waals surface area contributed by atoms with E-state index in [1.807, 2.05) is 6.92 Å². The Bertz CT molecular complexity index is 441. The molecule has 0 saturated heterocycles. The minimum absolute atomic E-state index is 0.236. The van der Waals surface area contributed by atoms with Crippen LogP contribution < -0.4 is 5.32 Å². The van der Waals surface area contributed by atoms with Crippen LogP contribution in [0.1, 0.15) is 61.8 Å². The number of nitrogens with one attached hydrogen (secondary N) is 1. The highest BCUT2D eigenvalue weighted by Gasteiger charge is 2.20. The second-order valence-corrected chi connectivity index (χ2v) is 7.09. The predicted molar refractivity (Wildman–Crippen MR) is 84.6 cm³/mol. The fourth-order valence-electron chi connectivity index (χ4n) is 2.01. The lowest BCUT2D eigenvalue weighted by atomic mass is 9.87. The number of aromatic nitrogens is 1. The molecule has 20 heavy (non-hydrogen) atoms. The molecule has 0 atom stereocenters. The van der Waals surface area contributed by atoms with Gasteiger partial charge in [0.05, 0.1) is 7.11 Å². The van der Waals surface area contributed by atoms with Crippen LogP contribution in [0.5, 0.6) is 0 Å². The molecule has 0 spiro atoms. The Kier molecular flexibility index (Phi) is 6.46. The molecule has 1 aromatic rings. The number of unbranched alkanes of at least 4 members (excludes halogenated alkanes) is 2. The number of anilines is 1. The summed E-state index contributed by atoms with van der Waals surface area (Å²) in [4.78, 5) is 16.7. The van der Waals surface area contributed by atoms with Gasteiger partial charge in [-0.25, -0.2) is 9.78 Å². The minimum Gasteiger partial charge on any atom is -0.464 e. The monoisotopic (exact) mass is 298 g/mol. The van der Waals surface area contributed by atoms with E-state index >= 15 is 0 Å². The van der Waals surface area contributed by atoms with Crippen LogP contribution in [0.2, 0.25) is 0 Å². The summed E-state index contributed by atoms with van der Waals surface area (Å²) in [5.74, 6) is -0.367. The lowest BCUT2D eigenvalue weighted by Gasteiger charge is -2.24. The Hall–Kier alpha value is -1.10. The van der Waals surface area contributed by atoms with Gasteiger partial charge in [0, 0.05) is 11.4 Å². The molecule has 0 saturated carbocycles. The number of hydrogen-bond donors (Lipinski definition) is 1. The molecular weight excluding hydrogens is 272 g/mol. The second kappa shape index (κ2) is 7.62. The van der Waals surface area contributed by atoms with Crippen molar-refractivity contribution in [1.82, 2.24) is 4.98 Å². The normalized spacial score (nSPS) is 11.4. The van der Waals surface area contributed by atoms with Gasteiger partial charge in [0.15, 0.2) is 10.8 Å². The number of carbonyl (C=O) groups excluding carboxylic acids is 1. The Morgan fingerprint density at radius 2 is 2.10 bits per heavy atom. The van der Waals surface area contributed by atoms with Crippen LogP contribution in [0, 0.1) is 12.3 Å². The molecule has 0 fully saturated rings. The van der Waals surface area contributed by atoms with Crippen molar-refractivity contribution >= 4 is 22.4 Å². The lowest BCUT2D eigenvalue weighted by molar-refractivity contribution is 0.0594. The number of aryl methyl sites for hydroxylation is 1. The van der Waals surface area contributed by atoms with Crippen molar-refractivity contribution in [1.29, 1.82) is 0 Å². The van der Waals surface area contributed by atoms with Crippen molar-refractivity contribution < 1.29 is 9.53 Å². The Labute approximate surface area is 125 Å². The number of esters is 1. The summed E-state index contributed by atoms with van der Waals surface area (Å²) >= 11 is 1.50. The summed E-state index contributed by atoms with van der Waals surface area (Å²) < 4.78 is 4.72. The van der Waals surface area contributed by atoms with Crippen molar-refractivity contribution in [3.63, 3.8) is 0 Å². The summed E-state index contributed by atoms with van der Waals surface area (Å²) in [5.41, 5.74) is 0.656. The summed E-state index contributed by atoms with van der Waals surface area (Å²) in [6, 6.07) is 0. The zero-order valence-corrected chi connectivity index (χ0v) is 14.0. The van der Waals surface area contributed by atoms with Gasteiger partial charge in [0.25, 0.3) is 0 Å². The van der Waals surface area contributed by atoms with Gasteiger partial charge in [-0.3, -0.25) is 0 Å². The average Bonchev–Trinajstić information content (AvgIpc) is 2.77. The van der Waals surface area contributed by atoms with Crippen LogP contribution in [0.3, 0.4) is 0 Å². The number of rotatable bonds is 8. The maximum atomic E-state index is 11.5. The number of nitrogens with zero attached hydrogens (tertiary/aromatic N) is 1. The standard InChI is InChI=1S/C15H26N2O2S/c1-6-7-8-9-15(3,4)10-16-14-17-12(11(2)20-14)13(18)19-5/h6-10H2,1-5H3,(H,16,17). The summed E-state index contributed by atoms with van der Waals surface area (Å²) in [6.07, 6.45) is 4.99. The van der Waals surface area contributed by atoms with E-state index in [2.05, 4.69) is 31.1 Å². The molecule has 1 rings (SSSR count). The first-order valence-electron chi connectivity index (χ1n) is 7.19. The molecule has 0 aliphatic carbocycles. The predicted octanol–water partition coefficient (Wildman–Crippen LogP) is 4.26. The van der Waals surface area contributed by atoms with E-state index in [0.717, 1.165) is 16.6 Å². The molecule has 0 aliphatic rings. The van der Waals surface area contributed by atoms with E-state index in [-0.39, 0.29) is 11.4 Å². The third kappa shape index (κ3) is 5.12. The zero-order valence-electron chi connectivity index (χ0n) is 13.2. The van der Waals surface area contributed by atoms with Crippen LogP contribution in [-0.2, 0) is 4.74 Å². The van der Waals surface area contributed by atoms with E-state index in [1.54, 1.807) is 0 Å². The number of carbonyl (C=O) groups is 1. The van der Waals surface area contributed by atoms with Gasteiger partial charge in [0.1, 0.15) is 0 Å². The van der Waals surface area contributed by atoms with E-state index < -0.39 is 0 Å². The molecule has 0 amide bonds. The average molecular weight is 298 g/mol. The molecule has 114 valence electrons. The largest absolute Gasteiger partial charge is 0.464 e. The minimum atomic E-state index is -0.367. The highest BCUT2D eigenvalue weighted by molar-refractivity contribution is 7.15. The number of hydrogen-bond acceptors (Lipinski definition) is 5. The lowest BCUT2D eigenvalue weighted by Crippen LogP contribution is -2.23. The van der Waals surface area contributed by atoms with E-state index in [9.17, 15) is 4.79 Å². The molecule has 0 aromatic carbocycles. The van der Waals surface area contributed by atoms with Crippen molar-refractivity contribution in [3.8, 4) is 0 Å². The Balaban J connectivity index is 2.55. The van der Waals surface area contributed by atoms with Crippen molar-refractivity contribution in [2.24, 2.45) is 5.41 Å². The molecule has 0 aliphatic heterocycles. The molecular formula is C15H26N2O2S. The van der Waals surface area contributed by atoms with Crippen LogP contribution in [0.15, 0.2) is 0 Å². The quantitative estimate of drug-likeness (QED) is 0.575. The van der Waals surface area contributed by atoms with E-state index in [4.69, 9.17) is 4.74 Å². The molecule has 1 aromatic heterocycles. The van der Waals surface area contributed by atoms with Gasteiger partial charge >= 0.3 is 5.97 Å². The van der Waals surface area contributed by atoms with Gasteiger partial charge in [-0.2, -0.15) is 0 Å². The fraction of sp³-hybridized carbons (Fsp3) is 0.733. The molecule has 1 heterocycles. The highest BCUT2D eigenvalue weighted by atomic mass is 32.1. The third-order valence-electron chi connectivity index (χ3n) is 3.35. The van der Waals surface area contributed by atoms with Gasteiger partial charge < -0.3 is 10.1 Å². The SMILES string of the molecule is CCCCCC(C)(C)CNc1nc(C(=O)OC)c(C)s1. The van der Waals surface area contributed by atoms with Crippen LogP contribution in [0.25, 0.3) is 0 Å². The van der Waals surface area contributed by atoms with Gasteiger partial charge in [-0.1, -0.05) is 40.0 Å². The van der Waals surface area contributed by atoms with Crippen molar-refractivity contribution in [2.45, 2.75) is 53.4 Å². The van der Waals surface area contributed by atoms with Gasteiger partial charge in [-0.15, -0.1) is 11.3 Å². The molecule has 5 heteroatoms. The topological polar surface area (TPSA) is 51.2 Å². The molecule has 0 bridgehead atoms. The Morgan fingerprint density at radius 3 is 2.70 bits per heavy atom. The summed E-state index contributed by atoms with van der Waals surface area (Å²) in [7, 11) is 1.38. The van der Waals surface area contributed by atoms with Crippen molar-refractivity contribution in [2.75, 3.05) is 19.0 Å². The molecule has 4 nitrogen and oxygen atoms in total. The molecule has 0 unspecified atom stereocenters. The fourth-order valence-corrected chi connectivity index (χ4v) is 2.81. The van der Waals surface area contributed by atoms with Crippen LogP contribution in [-0.4, -0.2) is 24.6 Å². The maximum Gasteiger partial charge on any atom is 0.357 e. The smallest absolute Gasteiger partial charge is 0.357 e. The van der Waals surface area contributed by atoms with Gasteiger partial charge in [-0.05, 0) is 18.8 Å². The first kappa shape index (κ1) is 17.0. The van der Waals surface area contributed by atoms with Crippen LogP contribution >= 0.6 is 11.3 Å². The number of ether oxygens (including phenoxy) is 1. The Morgan fingerprint density at radius 1 is 1.40 bits per heavy atom. The van der Waals surface area contributed by atoms with E-state index in [0.29, 0.717) is 5.69 Å². The van der Waals surface area contributed by atoms with Crippen molar-refractivity contribution in [3.05, 3.63) is 10.6 Å². The number of methoxy groups -OCH3 is 1. The number of thiazole rings is 1. The first-order valence-corrected chi connectivity index (χ1v) is 8.01. The first-order chi connectivity index (χ1) is 9.39. The molecule has 0 radical (unpaired) electrons. The van der Waals surface area contributed by atoms with Crippen LogP contribution in [0.4, 0.5) is 5.13 Å². The maximum absolute atomic E-state index is 11.5. The highest BCUT2D eigenvalue weighted by Crippen LogP contribution is 2.27. The van der Waals surface area contributed by atoms with Gasteiger partial charge in [0.2, 0.25) is 0 Å². The second-order valence-electron chi connectivity index (χ2n) is 5.89. The third-order valence-corrected chi connectivity index (χ3v) is 4.28. The zero-order chi connectivity index (χ0) is 15.2. The molecule has 1 N–H and O–H groups in total. The summed E-state index contributed by atoms with van der Waals surface area (Å²) in [6.45, 7) is 9.50.